The maximum atomic E-state index is 13.5. The van der Waals surface area contributed by atoms with Crippen molar-refractivity contribution in [3.05, 3.63) is 138 Å². The zero-order chi connectivity index (χ0) is 35.7. The van der Waals surface area contributed by atoms with Crippen LogP contribution in [0, 0.1) is 23.7 Å². The largest absolute Gasteiger partial charge is 0.388 e. The molecule has 10 heteroatoms. The Morgan fingerprint density at radius 1 is 0.510 bits per heavy atom. The Kier molecular flexibility index (Phi) is 11.6. The van der Waals surface area contributed by atoms with Crippen LogP contribution in [0.15, 0.2) is 121 Å². The van der Waals surface area contributed by atoms with E-state index in [1.807, 2.05) is 109 Å². The first kappa shape index (κ1) is 35.5. The number of nitrogens with one attached hydrogen (secondary N) is 4. The number of hydrogen-bond donors (Lipinski definition) is 6. The molecule has 6 N–H and O–H groups in total. The SMILES string of the molecule is O=C(NCc1ccccc1)C1CC1C(=O)NC(Cc1ccccc1)C(O)C(O)C(Cc1ccccc1)NC(=O)C1CC1C(=O)Nc1ccccc1. The van der Waals surface area contributed by atoms with Gasteiger partial charge in [0.2, 0.25) is 23.6 Å². The molecule has 6 rings (SSSR count). The van der Waals surface area contributed by atoms with E-state index < -0.39 is 48.0 Å². The van der Waals surface area contributed by atoms with E-state index in [1.54, 1.807) is 12.1 Å². The van der Waals surface area contributed by atoms with Gasteiger partial charge in [-0.05, 0) is 54.5 Å². The number of rotatable bonds is 16. The summed E-state index contributed by atoms with van der Waals surface area (Å²) in [5.41, 5.74) is 3.26. The summed E-state index contributed by atoms with van der Waals surface area (Å²) in [6.07, 6.45) is -1.80. The van der Waals surface area contributed by atoms with E-state index in [-0.39, 0.29) is 36.5 Å². The zero-order valence-corrected chi connectivity index (χ0v) is 28.2. The molecular weight excluding hydrogens is 644 g/mol. The minimum Gasteiger partial charge on any atom is -0.388 e. The molecular formula is C41H44N4O6. The zero-order valence-electron chi connectivity index (χ0n) is 28.2. The Morgan fingerprint density at radius 2 is 0.882 bits per heavy atom. The van der Waals surface area contributed by atoms with Crippen LogP contribution in [-0.2, 0) is 38.6 Å². The molecule has 0 radical (unpaired) electrons. The van der Waals surface area contributed by atoms with E-state index in [9.17, 15) is 29.4 Å². The van der Waals surface area contributed by atoms with Crippen LogP contribution in [0.2, 0.25) is 0 Å². The lowest BCUT2D eigenvalue weighted by molar-refractivity contribution is -0.129. The standard InChI is InChI=1S/C41H44N4O6/c46-36(34(21-26-13-5-1-6-14-26)44-40(50)31-23-30(31)38(48)42-25-28-17-9-3-10-18-28)37(47)35(22-27-15-7-2-8-16-27)45-41(51)33-24-32(33)39(49)43-29-19-11-4-12-20-29/h1-20,30-37,46-47H,21-25H2,(H,42,48)(H,43,49)(H,44,50)(H,45,51). The third-order valence-electron chi connectivity index (χ3n) is 9.71. The summed E-state index contributed by atoms with van der Waals surface area (Å²) in [6.45, 7) is 0.361. The molecule has 0 heterocycles. The number of carbonyl (C=O) groups excluding carboxylic acids is 4. The van der Waals surface area contributed by atoms with Gasteiger partial charge in [0.25, 0.3) is 0 Å². The molecule has 4 aromatic rings. The second-order valence-electron chi connectivity index (χ2n) is 13.5. The van der Waals surface area contributed by atoms with Crippen LogP contribution in [0.25, 0.3) is 0 Å². The maximum Gasteiger partial charge on any atom is 0.228 e. The normalized spacial score (nSPS) is 21.2. The second-order valence-corrected chi connectivity index (χ2v) is 13.5. The van der Waals surface area contributed by atoms with Crippen LogP contribution in [0.5, 0.6) is 0 Å². The Balaban J connectivity index is 1.12. The van der Waals surface area contributed by atoms with Gasteiger partial charge in [-0.1, -0.05) is 109 Å². The maximum absolute atomic E-state index is 13.5. The fraction of sp³-hybridized carbons (Fsp3) is 0.317. The minimum absolute atomic E-state index is 0.205. The predicted octanol–water partition coefficient (Wildman–Crippen LogP) is 3.39. The van der Waals surface area contributed by atoms with Gasteiger partial charge in [-0.2, -0.15) is 0 Å². The molecule has 8 unspecified atom stereocenters. The van der Waals surface area contributed by atoms with E-state index in [4.69, 9.17) is 0 Å². The number of para-hydroxylation sites is 1. The highest BCUT2D eigenvalue weighted by atomic mass is 16.3. The van der Waals surface area contributed by atoms with Crippen molar-refractivity contribution in [3.63, 3.8) is 0 Å². The Bertz CT molecular complexity index is 1780. The Morgan fingerprint density at radius 3 is 1.33 bits per heavy atom. The molecule has 264 valence electrons. The highest BCUT2D eigenvalue weighted by molar-refractivity contribution is 5.99. The van der Waals surface area contributed by atoms with Crippen molar-refractivity contribution in [2.24, 2.45) is 23.7 Å². The third kappa shape index (κ3) is 9.68. The van der Waals surface area contributed by atoms with E-state index in [0.717, 1.165) is 16.7 Å². The fourth-order valence-corrected chi connectivity index (χ4v) is 6.53. The number of carbonyl (C=O) groups is 4. The van der Waals surface area contributed by atoms with Gasteiger partial charge in [0.05, 0.1) is 35.8 Å². The van der Waals surface area contributed by atoms with E-state index in [1.165, 1.54) is 0 Å². The number of anilines is 1. The van der Waals surface area contributed by atoms with Gasteiger partial charge in [-0.15, -0.1) is 0 Å². The summed E-state index contributed by atoms with van der Waals surface area (Å²) in [6, 6.07) is 35.3. The van der Waals surface area contributed by atoms with Crippen LogP contribution in [0.4, 0.5) is 5.69 Å². The second kappa shape index (κ2) is 16.6. The number of aliphatic hydroxyl groups is 2. The lowest BCUT2D eigenvalue weighted by atomic mass is 9.91. The highest BCUT2D eigenvalue weighted by Crippen LogP contribution is 2.40. The van der Waals surface area contributed by atoms with Gasteiger partial charge in [0.1, 0.15) is 12.2 Å². The van der Waals surface area contributed by atoms with Gasteiger partial charge in [-0.3, -0.25) is 19.2 Å². The molecule has 4 amide bonds. The van der Waals surface area contributed by atoms with Crippen LogP contribution < -0.4 is 21.3 Å². The predicted molar refractivity (Wildman–Crippen MR) is 193 cm³/mol. The number of benzene rings is 4. The summed E-state index contributed by atoms with van der Waals surface area (Å²) in [5.74, 6) is -3.35. The van der Waals surface area contributed by atoms with Crippen LogP contribution >= 0.6 is 0 Å². The fourth-order valence-electron chi connectivity index (χ4n) is 6.53. The van der Waals surface area contributed by atoms with Crippen molar-refractivity contribution in [2.75, 3.05) is 5.32 Å². The van der Waals surface area contributed by atoms with Crippen LogP contribution in [-0.4, -0.2) is 58.1 Å². The van der Waals surface area contributed by atoms with Crippen molar-refractivity contribution < 1.29 is 29.4 Å². The van der Waals surface area contributed by atoms with Crippen LogP contribution in [0.3, 0.4) is 0 Å². The third-order valence-corrected chi connectivity index (χ3v) is 9.71. The molecule has 0 aromatic heterocycles. The summed E-state index contributed by atoms with van der Waals surface area (Å²) >= 11 is 0. The molecule has 51 heavy (non-hydrogen) atoms. The van der Waals surface area contributed by atoms with Crippen molar-refractivity contribution in [2.45, 2.75) is 56.5 Å². The van der Waals surface area contributed by atoms with Gasteiger partial charge < -0.3 is 31.5 Å². The number of hydrogen-bond acceptors (Lipinski definition) is 6. The molecule has 2 saturated carbocycles. The van der Waals surface area contributed by atoms with E-state index >= 15 is 0 Å². The molecule has 2 fully saturated rings. The van der Waals surface area contributed by atoms with Crippen LogP contribution in [0.1, 0.15) is 29.5 Å². The smallest absolute Gasteiger partial charge is 0.228 e. The quantitative estimate of drug-likeness (QED) is 0.106. The Hall–Kier alpha value is -5.32. The summed E-state index contributed by atoms with van der Waals surface area (Å²) in [4.78, 5) is 52.7. The minimum atomic E-state index is -1.48. The molecule has 4 aromatic carbocycles. The first-order valence-corrected chi connectivity index (χ1v) is 17.5. The first-order valence-electron chi connectivity index (χ1n) is 17.5. The molecule has 0 saturated heterocycles. The van der Waals surface area contributed by atoms with Crippen molar-refractivity contribution in [3.8, 4) is 0 Å². The lowest BCUT2D eigenvalue weighted by Crippen LogP contribution is -2.57. The van der Waals surface area contributed by atoms with Gasteiger partial charge >= 0.3 is 0 Å². The Labute approximate surface area is 297 Å². The van der Waals surface area contributed by atoms with Crippen molar-refractivity contribution >= 4 is 29.3 Å². The van der Waals surface area contributed by atoms with Gasteiger partial charge in [-0.25, -0.2) is 0 Å². The molecule has 0 spiro atoms. The molecule has 0 aliphatic heterocycles. The first-order chi connectivity index (χ1) is 24.8. The topological polar surface area (TPSA) is 157 Å². The van der Waals surface area contributed by atoms with Crippen molar-refractivity contribution in [1.82, 2.24) is 16.0 Å². The molecule has 8 atom stereocenters. The summed E-state index contributed by atoms with van der Waals surface area (Å²) in [7, 11) is 0. The summed E-state index contributed by atoms with van der Waals surface area (Å²) in [5, 5.41) is 35.1. The monoisotopic (exact) mass is 688 g/mol. The van der Waals surface area contributed by atoms with Gasteiger partial charge in [0.15, 0.2) is 0 Å². The molecule has 2 aliphatic carbocycles. The average molecular weight is 689 g/mol. The summed E-state index contributed by atoms with van der Waals surface area (Å²) < 4.78 is 0. The van der Waals surface area contributed by atoms with E-state index in [0.29, 0.717) is 25.1 Å². The number of amides is 4. The highest BCUT2D eigenvalue weighted by Gasteiger charge is 2.50. The molecule has 0 bridgehead atoms. The van der Waals surface area contributed by atoms with E-state index in [2.05, 4.69) is 21.3 Å². The lowest BCUT2D eigenvalue weighted by Gasteiger charge is -2.33. The molecule has 10 nitrogen and oxygen atoms in total. The van der Waals surface area contributed by atoms with Crippen molar-refractivity contribution in [1.29, 1.82) is 0 Å². The van der Waals surface area contributed by atoms with Gasteiger partial charge in [0, 0.05) is 12.2 Å². The number of aliphatic hydroxyl groups excluding tert-OH is 2. The molecule has 2 aliphatic rings. The average Bonchev–Trinajstić information content (AvgIpc) is 4.09.